The van der Waals surface area contributed by atoms with Gasteiger partial charge < -0.3 is 9.80 Å². The van der Waals surface area contributed by atoms with Crippen molar-refractivity contribution in [1.82, 2.24) is 14.1 Å². The molecular weight excluding hydrogens is 381 g/mol. The Morgan fingerprint density at radius 3 is 2.71 bits per heavy atom. The van der Waals surface area contributed by atoms with Crippen molar-refractivity contribution >= 4 is 22.2 Å². The second-order valence-electron chi connectivity index (χ2n) is 7.22. The molecule has 0 spiro atoms. The Bertz CT molecular complexity index is 935. The molecule has 0 unspecified atom stereocenters. The largest absolute Gasteiger partial charge is 0.354 e. The molecule has 3 aliphatic rings. The zero-order valence-electron chi connectivity index (χ0n) is 15.8. The second-order valence-corrected chi connectivity index (χ2v) is 9.19. The number of aliphatic imine (C=N–C) groups is 2. The van der Waals surface area contributed by atoms with Crippen LogP contribution >= 0.6 is 0 Å². The van der Waals surface area contributed by atoms with E-state index in [-0.39, 0.29) is 5.75 Å². The third-order valence-electron chi connectivity index (χ3n) is 5.27. The van der Waals surface area contributed by atoms with Gasteiger partial charge in [-0.3, -0.25) is 4.99 Å². The van der Waals surface area contributed by atoms with Gasteiger partial charge in [-0.25, -0.2) is 17.8 Å². The second kappa shape index (κ2) is 7.63. The Labute approximate surface area is 164 Å². The average Bonchev–Trinajstić information content (AvgIpc) is 3.10. The Hall–Kier alpha value is -2.26. The van der Waals surface area contributed by atoms with Gasteiger partial charge in [0, 0.05) is 38.8 Å². The van der Waals surface area contributed by atoms with E-state index in [0.717, 1.165) is 24.6 Å². The minimum absolute atomic E-state index is 0.185. The van der Waals surface area contributed by atoms with E-state index in [1.54, 1.807) is 6.07 Å². The van der Waals surface area contributed by atoms with E-state index >= 15 is 0 Å². The minimum Gasteiger partial charge on any atom is -0.354 e. The van der Waals surface area contributed by atoms with Gasteiger partial charge in [-0.1, -0.05) is 19.1 Å². The maximum atomic E-state index is 13.3. The van der Waals surface area contributed by atoms with Gasteiger partial charge in [0.25, 0.3) is 0 Å². The molecule has 0 N–H and O–H groups in total. The molecule has 1 saturated heterocycles. The first-order valence-corrected chi connectivity index (χ1v) is 11.1. The summed E-state index contributed by atoms with van der Waals surface area (Å²) in [6.45, 7) is 4.90. The van der Waals surface area contributed by atoms with Crippen molar-refractivity contribution in [2.24, 2.45) is 9.98 Å². The summed E-state index contributed by atoms with van der Waals surface area (Å²) in [6.07, 6.45) is 4.79. The van der Waals surface area contributed by atoms with Crippen LogP contribution in [0.2, 0.25) is 0 Å². The molecule has 0 radical (unpaired) electrons. The van der Waals surface area contributed by atoms with Crippen molar-refractivity contribution in [1.29, 1.82) is 0 Å². The van der Waals surface area contributed by atoms with Crippen molar-refractivity contribution in [2.45, 2.75) is 25.1 Å². The van der Waals surface area contributed by atoms with Crippen LogP contribution in [0, 0.1) is 5.82 Å². The molecule has 7 nitrogen and oxygen atoms in total. The zero-order chi connectivity index (χ0) is 19.7. The summed E-state index contributed by atoms with van der Waals surface area (Å²) in [5.41, 5.74) is 0.465. The molecule has 150 valence electrons. The molecular formula is C19H24FN5O2S. The molecule has 1 aromatic rings. The molecule has 0 bridgehead atoms. The van der Waals surface area contributed by atoms with Crippen molar-refractivity contribution in [2.75, 3.05) is 32.7 Å². The van der Waals surface area contributed by atoms with E-state index in [2.05, 4.69) is 21.7 Å². The summed E-state index contributed by atoms with van der Waals surface area (Å²) in [5.74, 6) is 1.15. The molecule has 0 amide bonds. The lowest BCUT2D eigenvalue weighted by Crippen LogP contribution is -2.48. The normalized spacial score (nSPS) is 22.9. The zero-order valence-corrected chi connectivity index (χ0v) is 16.6. The summed E-state index contributed by atoms with van der Waals surface area (Å²) in [6, 6.07) is 6.06. The van der Waals surface area contributed by atoms with Gasteiger partial charge in [0.15, 0.2) is 0 Å². The highest BCUT2D eigenvalue weighted by Gasteiger charge is 2.30. The number of hydrogen-bond donors (Lipinski definition) is 0. The lowest BCUT2D eigenvalue weighted by molar-refractivity contribution is 0.227. The van der Waals surface area contributed by atoms with Crippen LogP contribution in [0.25, 0.3) is 0 Å². The number of nitrogens with zero attached hydrogens (tertiary/aromatic N) is 5. The van der Waals surface area contributed by atoms with Crippen LogP contribution in [0.3, 0.4) is 0 Å². The first-order chi connectivity index (χ1) is 13.4. The third-order valence-corrected chi connectivity index (χ3v) is 7.12. The van der Waals surface area contributed by atoms with Crippen LogP contribution in [0.5, 0.6) is 0 Å². The van der Waals surface area contributed by atoms with Gasteiger partial charge >= 0.3 is 0 Å². The van der Waals surface area contributed by atoms with Crippen LogP contribution in [0.15, 0.2) is 46.1 Å². The van der Waals surface area contributed by atoms with E-state index in [4.69, 9.17) is 4.99 Å². The van der Waals surface area contributed by atoms with E-state index in [0.29, 0.717) is 37.8 Å². The molecule has 1 aromatic carbocycles. The molecule has 9 heteroatoms. The Morgan fingerprint density at radius 2 is 2.00 bits per heavy atom. The first kappa shape index (κ1) is 19.1. The fourth-order valence-electron chi connectivity index (χ4n) is 3.65. The number of amidine groups is 1. The van der Waals surface area contributed by atoms with Gasteiger partial charge in [-0.05, 0) is 24.1 Å². The molecule has 4 rings (SSSR count). The molecule has 1 atom stereocenters. The summed E-state index contributed by atoms with van der Waals surface area (Å²) in [7, 11) is -3.48. The molecule has 0 aliphatic carbocycles. The topological polar surface area (TPSA) is 68.6 Å². The molecule has 0 saturated carbocycles. The average molecular weight is 405 g/mol. The smallest absolute Gasteiger partial charge is 0.218 e. The highest BCUT2D eigenvalue weighted by molar-refractivity contribution is 7.88. The summed E-state index contributed by atoms with van der Waals surface area (Å²) >= 11 is 0. The highest BCUT2D eigenvalue weighted by atomic mass is 32.2. The molecule has 0 aromatic heterocycles. The lowest BCUT2D eigenvalue weighted by atomic mass is 10.2. The predicted molar refractivity (Wildman–Crippen MR) is 107 cm³/mol. The Kier molecular flexibility index (Phi) is 5.20. The maximum Gasteiger partial charge on any atom is 0.218 e. The number of hydrogen-bond acceptors (Lipinski definition) is 6. The summed E-state index contributed by atoms with van der Waals surface area (Å²) in [5, 5.41) is 0. The molecule has 3 aliphatic heterocycles. The SMILES string of the molecule is CC[C@H]1CN2C=NC(N3CCN(S(=O)(=O)Cc4cccc(F)c4)CC3)=CC2=N1. The van der Waals surface area contributed by atoms with Gasteiger partial charge in [-0.2, -0.15) is 4.31 Å². The quantitative estimate of drug-likeness (QED) is 0.747. The van der Waals surface area contributed by atoms with Crippen molar-refractivity contribution in [3.63, 3.8) is 0 Å². The van der Waals surface area contributed by atoms with Gasteiger partial charge in [0.1, 0.15) is 17.5 Å². The van der Waals surface area contributed by atoms with Crippen molar-refractivity contribution < 1.29 is 12.8 Å². The van der Waals surface area contributed by atoms with Crippen LogP contribution < -0.4 is 0 Å². The van der Waals surface area contributed by atoms with Gasteiger partial charge in [0.05, 0.1) is 18.1 Å². The van der Waals surface area contributed by atoms with E-state index in [9.17, 15) is 12.8 Å². The standard InChI is InChI=1S/C19H24FN5O2S/c1-2-17-12-24-14-21-18(11-19(24)22-17)23-6-8-25(9-7-23)28(26,27)13-15-4-3-5-16(20)10-15/h3-5,10-11,14,17H,2,6-9,12-13H2,1H3/t17-/m0/s1. The van der Waals surface area contributed by atoms with E-state index in [1.165, 1.54) is 22.5 Å². The van der Waals surface area contributed by atoms with Gasteiger partial charge in [-0.15, -0.1) is 0 Å². The minimum atomic E-state index is -3.48. The van der Waals surface area contributed by atoms with E-state index < -0.39 is 15.8 Å². The Balaban J connectivity index is 1.39. The van der Waals surface area contributed by atoms with E-state index in [1.807, 2.05) is 12.4 Å². The van der Waals surface area contributed by atoms with Crippen molar-refractivity contribution in [3.05, 3.63) is 47.5 Å². The fourth-order valence-corrected chi connectivity index (χ4v) is 5.15. The number of halogens is 1. The van der Waals surface area contributed by atoms with Gasteiger partial charge in [0.2, 0.25) is 10.0 Å². The van der Waals surface area contributed by atoms with Crippen LogP contribution in [-0.4, -0.2) is 73.5 Å². The lowest BCUT2D eigenvalue weighted by Gasteiger charge is -2.36. The number of piperazine rings is 1. The maximum absolute atomic E-state index is 13.3. The number of rotatable bonds is 5. The number of sulfonamides is 1. The van der Waals surface area contributed by atoms with Crippen LogP contribution in [-0.2, 0) is 15.8 Å². The molecule has 28 heavy (non-hydrogen) atoms. The number of fused-ring (bicyclic) bond motifs is 1. The number of benzene rings is 1. The summed E-state index contributed by atoms with van der Waals surface area (Å²) in [4.78, 5) is 13.4. The first-order valence-electron chi connectivity index (χ1n) is 9.52. The predicted octanol–water partition coefficient (Wildman–Crippen LogP) is 1.65. The Morgan fingerprint density at radius 1 is 1.21 bits per heavy atom. The summed E-state index contributed by atoms with van der Waals surface area (Å²) < 4.78 is 40.2. The van der Waals surface area contributed by atoms with Crippen LogP contribution in [0.1, 0.15) is 18.9 Å². The monoisotopic (exact) mass is 405 g/mol. The molecule has 1 fully saturated rings. The van der Waals surface area contributed by atoms with Crippen molar-refractivity contribution in [3.8, 4) is 0 Å². The third kappa shape index (κ3) is 3.95. The highest BCUT2D eigenvalue weighted by Crippen LogP contribution is 2.21. The fraction of sp³-hybridized carbons (Fsp3) is 0.474. The molecule has 3 heterocycles. The van der Waals surface area contributed by atoms with Crippen LogP contribution in [0.4, 0.5) is 4.39 Å².